The predicted molar refractivity (Wildman–Crippen MR) is 35.1 cm³/mol. The van der Waals surface area contributed by atoms with Crippen molar-refractivity contribution < 1.29 is 15.5 Å². The van der Waals surface area contributed by atoms with Crippen LogP contribution in [0.25, 0.3) is 0 Å². The molecule has 0 spiro atoms. The maximum atomic E-state index is 9.08. The van der Waals surface area contributed by atoms with Crippen molar-refractivity contribution in [1.29, 1.82) is 0 Å². The Balaban J connectivity index is 2.52. The second-order valence-corrected chi connectivity index (χ2v) is 2.40. The van der Waals surface area contributed by atoms with Gasteiger partial charge in [0.1, 0.15) is 0 Å². The number of hydrogen-bond donors (Lipinski definition) is 3. The first-order valence-electron chi connectivity index (χ1n) is 3.56. The number of nitrogens with zero attached hydrogens (tertiary/aromatic N) is 3. The molecule has 0 aromatic heterocycles. The Hall–Kier alpha value is -0.240. The fourth-order valence-corrected chi connectivity index (χ4v) is 1.00. The highest BCUT2D eigenvalue weighted by molar-refractivity contribution is 4.57. The smallest absolute Gasteiger partial charge is 0.150 e. The third kappa shape index (κ3) is 1.67. The molecule has 1 aliphatic heterocycles. The van der Waals surface area contributed by atoms with E-state index in [1.54, 1.807) is 0 Å². The first-order valence-corrected chi connectivity index (χ1v) is 3.56. The van der Waals surface area contributed by atoms with Crippen LogP contribution < -0.4 is 0 Å². The Bertz CT molecular complexity index is 132. The number of hydrogen-bond acceptors (Lipinski definition) is 6. The first-order chi connectivity index (χ1) is 5.16. The highest BCUT2D eigenvalue weighted by Crippen LogP contribution is 2.11. The average molecular weight is 163 g/mol. The fourth-order valence-electron chi connectivity index (χ4n) is 1.00. The Morgan fingerprint density at radius 1 is 1.45 bits per heavy atom. The molecule has 1 atom stereocenters. The normalized spacial score (nSPS) is 31.1. The molecule has 0 bridgehead atoms. The van der Waals surface area contributed by atoms with E-state index >= 15 is 0 Å². The van der Waals surface area contributed by atoms with E-state index in [1.165, 1.54) is 5.01 Å². The van der Waals surface area contributed by atoms with E-state index in [9.17, 15) is 0 Å². The summed E-state index contributed by atoms with van der Waals surface area (Å²) in [6, 6.07) is 0. The molecular weight excluding hydrogens is 150 g/mol. The summed E-state index contributed by atoms with van der Waals surface area (Å²) < 4.78 is 0. The third-order valence-electron chi connectivity index (χ3n) is 1.71. The Morgan fingerprint density at radius 2 is 2.09 bits per heavy atom. The minimum absolute atomic E-state index is 0.396. The monoisotopic (exact) mass is 163 g/mol. The van der Waals surface area contributed by atoms with Crippen molar-refractivity contribution in [2.24, 2.45) is 0 Å². The number of hydrazine groups is 2. The lowest BCUT2D eigenvalue weighted by Crippen LogP contribution is -2.59. The highest BCUT2D eigenvalue weighted by Gasteiger charge is 2.29. The van der Waals surface area contributed by atoms with Crippen molar-refractivity contribution in [3.8, 4) is 0 Å². The number of hydroxylamine groups is 1. The van der Waals surface area contributed by atoms with Crippen LogP contribution in [0.4, 0.5) is 0 Å². The van der Waals surface area contributed by atoms with Gasteiger partial charge in [0.05, 0.1) is 0 Å². The SMILES string of the molecule is CCN1CCC(O)N(O)N1O. The summed E-state index contributed by atoms with van der Waals surface area (Å²) in [5.41, 5.74) is 0. The van der Waals surface area contributed by atoms with Gasteiger partial charge in [0.2, 0.25) is 0 Å². The summed E-state index contributed by atoms with van der Waals surface area (Å²) in [5, 5.41) is 29.5. The lowest BCUT2D eigenvalue weighted by molar-refractivity contribution is -0.496. The van der Waals surface area contributed by atoms with Gasteiger partial charge in [-0.25, -0.2) is 5.01 Å². The second-order valence-electron chi connectivity index (χ2n) is 2.40. The van der Waals surface area contributed by atoms with Gasteiger partial charge >= 0.3 is 0 Å². The molecule has 3 N–H and O–H groups in total. The van der Waals surface area contributed by atoms with Crippen molar-refractivity contribution in [3.05, 3.63) is 0 Å². The van der Waals surface area contributed by atoms with Gasteiger partial charge in [-0.2, -0.15) is 0 Å². The van der Waals surface area contributed by atoms with Crippen molar-refractivity contribution in [1.82, 2.24) is 15.5 Å². The summed E-state index contributed by atoms with van der Waals surface area (Å²) in [6.07, 6.45) is -0.593. The van der Waals surface area contributed by atoms with Crippen LogP contribution in [0.3, 0.4) is 0 Å². The topological polar surface area (TPSA) is 70.4 Å². The molecule has 6 heteroatoms. The molecular formula is C5H13N3O3. The predicted octanol–water partition coefficient (Wildman–Crippen LogP) is -0.757. The molecule has 1 rings (SSSR count). The molecule has 0 saturated carbocycles. The summed E-state index contributed by atoms with van der Waals surface area (Å²) in [6.45, 7) is 2.96. The van der Waals surface area contributed by atoms with Gasteiger partial charge in [0.25, 0.3) is 0 Å². The summed E-state index contributed by atoms with van der Waals surface area (Å²) in [4.78, 5) is 0. The summed E-state index contributed by atoms with van der Waals surface area (Å²) in [7, 11) is 0. The quantitative estimate of drug-likeness (QED) is 0.472. The second kappa shape index (κ2) is 3.44. The van der Waals surface area contributed by atoms with Crippen LogP contribution >= 0.6 is 0 Å². The molecule has 0 amide bonds. The minimum Gasteiger partial charge on any atom is -0.374 e. The van der Waals surface area contributed by atoms with E-state index < -0.39 is 6.23 Å². The lowest BCUT2D eigenvalue weighted by atomic mass is 10.3. The Labute approximate surface area is 64.7 Å². The third-order valence-corrected chi connectivity index (χ3v) is 1.71. The van der Waals surface area contributed by atoms with Gasteiger partial charge in [0.15, 0.2) is 6.23 Å². The first kappa shape index (κ1) is 8.85. The molecule has 0 aromatic rings. The van der Waals surface area contributed by atoms with Gasteiger partial charge in [0, 0.05) is 19.5 Å². The average Bonchev–Trinajstić information content (AvgIpc) is 2.01. The van der Waals surface area contributed by atoms with Crippen molar-refractivity contribution >= 4 is 0 Å². The van der Waals surface area contributed by atoms with Crippen LogP contribution in [-0.2, 0) is 0 Å². The molecule has 0 aliphatic carbocycles. The summed E-state index contributed by atoms with van der Waals surface area (Å²) >= 11 is 0. The largest absolute Gasteiger partial charge is 0.374 e. The fraction of sp³-hybridized carbons (Fsp3) is 1.00. The number of aliphatic hydroxyl groups is 1. The van der Waals surface area contributed by atoms with Crippen LogP contribution in [0.2, 0.25) is 0 Å². The molecule has 1 unspecified atom stereocenters. The molecule has 0 aromatic carbocycles. The van der Waals surface area contributed by atoms with Gasteiger partial charge in [-0.05, 0) is 5.28 Å². The number of rotatable bonds is 1. The van der Waals surface area contributed by atoms with E-state index in [4.69, 9.17) is 15.5 Å². The Morgan fingerprint density at radius 3 is 2.64 bits per heavy atom. The zero-order chi connectivity index (χ0) is 8.43. The van der Waals surface area contributed by atoms with Crippen LogP contribution in [-0.4, -0.2) is 50.3 Å². The van der Waals surface area contributed by atoms with E-state index in [-0.39, 0.29) is 0 Å². The highest BCUT2D eigenvalue weighted by atomic mass is 16.7. The van der Waals surface area contributed by atoms with Crippen LogP contribution in [0, 0.1) is 0 Å². The molecule has 6 nitrogen and oxygen atoms in total. The van der Waals surface area contributed by atoms with E-state index in [1.807, 2.05) is 6.92 Å². The van der Waals surface area contributed by atoms with Crippen molar-refractivity contribution in [2.45, 2.75) is 19.6 Å². The van der Waals surface area contributed by atoms with E-state index in [0.29, 0.717) is 30.0 Å². The molecule has 11 heavy (non-hydrogen) atoms. The lowest BCUT2D eigenvalue weighted by Gasteiger charge is -2.39. The Kier molecular flexibility index (Phi) is 2.77. The van der Waals surface area contributed by atoms with Crippen LogP contribution in [0.1, 0.15) is 13.3 Å². The zero-order valence-electron chi connectivity index (χ0n) is 6.38. The van der Waals surface area contributed by atoms with Gasteiger partial charge < -0.3 is 5.11 Å². The maximum Gasteiger partial charge on any atom is 0.150 e. The maximum absolute atomic E-state index is 9.08. The standard InChI is InChI=1S/C5H13N3O3/c1-2-6-4-3-5(9)7(10)8(6)11/h5,9-11H,2-4H2,1H3. The zero-order valence-corrected chi connectivity index (χ0v) is 6.38. The van der Waals surface area contributed by atoms with Gasteiger partial charge in [-0.3, -0.25) is 10.4 Å². The van der Waals surface area contributed by atoms with Crippen LogP contribution in [0.5, 0.6) is 0 Å². The molecule has 66 valence electrons. The molecule has 0 radical (unpaired) electrons. The van der Waals surface area contributed by atoms with E-state index in [0.717, 1.165) is 0 Å². The molecule has 1 aliphatic rings. The van der Waals surface area contributed by atoms with Gasteiger partial charge in [-0.1, -0.05) is 12.1 Å². The van der Waals surface area contributed by atoms with E-state index in [2.05, 4.69) is 0 Å². The van der Waals surface area contributed by atoms with Crippen molar-refractivity contribution in [2.75, 3.05) is 13.1 Å². The minimum atomic E-state index is -1.01. The number of aliphatic hydroxyl groups excluding tert-OH is 1. The van der Waals surface area contributed by atoms with Crippen molar-refractivity contribution in [3.63, 3.8) is 0 Å². The van der Waals surface area contributed by atoms with Crippen LogP contribution in [0.15, 0.2) is 0 Å². The molecule has 1 saturated heterocycles. The molecule has 1 heterocycles. The van der Waals surface area contributed by atoms with Gasteiger partial charge in [-0.15, -0.1) is 0 Å². The summed E-state index contributed by atoms with van der Waals surface area (Å²) in [5.74, 6) is 0. The molecule has 1 fully saturated rings.